The first-order valence-electron chi connectivity index (χ1n) is 9.08. The number of carbonyl (C=O) groups excluding carboxylic acids is 2. The average molecular weight is 403 g/mol. The maximum atomic E-state index is 13.9. The maximum absolute atomic E-state index is 13.9. The quantitative estimate of drug-likeness (QED) is 0.800. The predicted octanol–water partition coefficient (Wildman–Crippen LogP) is 2.48. The van der Waals surface area contributed by atoms with Crippen LogP contribution in [0.2, 0.25) is 0 Å². The second-order valence-corrected chi connectivity index (χ2v) is 7.11. The zero-order valence-corrected chi connectivity index (χ0v) is 15.8. The molecule has 10 heteroatoms. The fraction of sp³-hybridized carbons (Fsp3) is 0.368. The minimum absolute atomic E-state index is 0.0827. The molecule has 1 spiro atoms. The standard InChI is InChI=1S/C19H19F2N5O3/c1-10(16-12(21)7-11(20)8-22-16)23-14(27)9-26-18(28)24-13-3-4-15(29-2)25-17(13)19(26)5-6-19/h3-4,7-8,10H,5-6,9H2,1-2H3,(H,23,27)(H,24,28)/t10-/m1/s1. The van der Waals surface area contributed by atoms with Crippen LogP contribution in [0.15, 0.2) is 24.4 Å². The van der Waals surface area contributed by atoms with Crippen molar-refractivity contribution >= 4 is 17.6 Å². The Kier molecular flexibility index (Phi) is 4.56. The Hall–Kier alpha value is -3.30. The number of rotatable bonds is 5. The van der Waals surface area contributed by atoms with E-state index >= 15 is 0 Å². The van der Waals surface area contributed by atoms with Gasteiger partial charge in [0.25, 0.3) is 0 Å². The van der Waals surface area contributed by atoms with Crippen molar-refractivity contribution in [2.75, 3.05) is 19.0 Å². The second-order valence-electron chi connectivity index (χ2n) is 7.11. The molecule has 0 radical (unpaired) electrons. The number of nitrogens with zero attached hydrogens (tertiary/aromatic N) is 3. The molecule has 2 aromatic rings. The SMILES string of the molecule is COc1ccc2c(n1)C1(CC1)N(CC(=O)N[C@H](C)c1ncc(F)cc1F)C(=O)N2. The van der Waals surface area contributed by atoms with Gasteiger partial charge < -0.3 is 20.3 Å². The molecule has 0 aromatic carbocycles. The highest BCUT2D eigenvalue weighted by atomic mass is 19.1. The zero-order valence-electron chi connectivity index (χ0n) is 15.8. The molecule has 8 nitrogen and oxygen atoms in total. The summed E-state index contributed by atoms with van der Waals surface area (Å²) in [6.45, 7) is 1.30. The van der Waals surface area contributed by atoms with E-state index in [1.807, 2.05) is 0 Å². The largest absolute Gasteiger partial charge is 0.481 e. The summed E-state index contributed by atoms with van der Waals surface area (Å²) >= 11 is 0. The van der Waals surface area contributed by atoms with Gasteiger partial charge in [-0.25, -0.2) is 18.6 Å². The van der Waals surface area contributed by atoms with Crippen molar-refractivity contribution in [3.63, 3.8) is 0 Å². The third-order valence-corrected chi connectivity index (χ3v) is 5.17. The number of methoxy groups -OCH3 is 1. The number of anilines is 1. The van der Waals surface area contributed by atoms with Crippen molar-refractivity contribution < 1.29 is 23.1 Å². The third kappa shape index (κ3) is 3.34. The number of urea groups is 1. The number of ether oxygens (including phenoxy) is 1. The Morgan fingerprint density at radius 1 is 1.41 bits per heavy atom. The van der Waals surface area contributed by atoms with E-state index in [1.165, 1.54) is 18.9 Å². The third-order valence-electron chi connectivity index (χ3n) is 5.17. The molecule has 29 heavy (non-hydrogen) atoms. The number of carbonyl (C=O) groups is 2. The minimum Gasteiger partial charge on any atom is -0.481 e. The van der Waals surface area contributed by atoms with Crippen LogP contribution in [0.4, 0.5) is 19.3 Å². The molecule has 2 aliphatic rings. The number of pyridine rings is 2. The van der Waals surface area contributed by atoms with Gasteiger partial charge in [-0.1, -0.05) is 0 Å². The summed E-state index contributed by atoms with van der Waals surface area (Å²) in [4.78, 5) is 34.8. The van der Waals surface area contributed by atoms with E-state index in [1.54, 1.807) is 12.1 Å². The fourth-order valence-electron chi connectivity index (χ4n) is 3.61. The first-order valence-corrected chi connectivity index (χ1v) is 9.08. The van der Waals surface area contributed by atoms with E-state index in [0.717, 1.165) is 6.20 Å². The molecule has 2 aromatic heterocycles. The first-order chi connectivity index (χ1) is 13.8. The van der Waals surface area contributed by atoms with Crippen LogP contribution in [-0.2, 0) is 10.3 Å². The van der Waals surface area contributed by atoms with Gasteiger partial charge in [0, 0.05) is 12.1 Å². The zero-order chi connectivity index (χ0) is 20.8. The van der Waals surface area contributed by atoms with Crippen LogP contribution in [0.3, 0.4) is 0 Å². The van der Waals surface area contributed by atoms with Gasteiger partial charge >= 0.3 is 6.03 Å². The summed E-state index contributed by atoms with van der Waals surface area (Å²) in [6, 6.07) is 2.89. The lowest BCUT2D eigenvalue weighted by molar-refractivity contribution is -0.123. The number of amides is 3. The van der Waals surface area contributed by atoms with Crippen LogP contribution < -0.4 is 15.4 Å². The van der Waals surface area contributed by atoms with Gasteiger partial charge in [0.15, 0.2) is 0 Å². The average Bonchev–Trinajstić information content (AvgIpc) is 3.46. The Bertz CT molecular complexity index is 996. The number of halogens is 2. The Balaban J connectivity index is 1.51. The second kappa shape index (κ2) is 6.94. The van der Waals surface area contributed by atoms with Crippen LogP contribution in [-0.4, -0.2) is 40.5 Å². The van der Waals surface area contributed by atoms with Gasteiger partial charge in [0.2, 0.25) is 11.8 Å². The highest BCUT2D eigenvalue weighted by Crippen LogP contribution is 2.54. The maximum Gasteiger partial charge on any atom is 0.323 e. The molecule has 0 unspecified atom stereocenters. The van der Waals surface area contributed by atoms with E-state index in [2.05, 4.69) is 20.6 Å². The van der Waals surface area contributed by atoms with Crippen molar-refractivity contribution in [1.82, 2.24) is 20.2 Å². The van der Waals surface area contributed by atoms with Gasteiger partial charge in [-0.05, 0) is 25.8 Å². The number of fused-ring (bicyclic) bond motifs is 2. The van der Waals surface area contributed by atoms with Crippen molar-refractivity contribution in [1.29, 1.82) is 0 Å². The van der Waals surface area contributed by atoms with Crippen LogP contribution in [0, 0.1) is 11.6 Å². The molecule has 2 N–H and O–H groups in total. The smallest absolute Gasteiger partial charge is 0.323 e. The van der Waals surface area contributed by atoms with E-state index in [-0.39, 0.29) is 12.2 Å². The first kappa shape index (κ1) is 19.0. The summed E-state index contributed by atoms with van der Waals surface area (Å²) < 4.78 is 32.1. The van der Waals surface area contributed by atoms with Crippen molar-refractivity contribution in [3.8, 4) is 5.88 Å². The summed E-state index contributed by atoms with van der Waals surface area (Å²) in [6.07, 6.45) is 2.23. The highest BCUT2D eigenvalue weighted by molar-refractivity contribution is 5.96. The molecule has 1 fully saturated rings. The summed E-state index contributed by atoms with van der Waals surface area (Å²) in [7, 11) is 1.50. The topological polar surface area (TPSA) is 96.4 Å². The molecule has 3 amide bonds. The van der Waals surface area contributed by atoms with Gasteiger partial charge in [-0.2, -0.15) is 0 Å². The molecule has 4 rings (SSSR count). The van der Waals surface area contributed by atoms with E-state index in [4.69, 9.17) is 4.74 Å². The number of aromatic nitrogens is 2. The van der Waals surface area contributed by atoms with Gasteiger partial charge in [0.05, 0.1) is 42.0 Å². The monoisotopic (exact) mass is 403 g/mol. The molecular weight excluding hydrogens is 384 g/mol. The lowest BCUT2D eigenvalue weighted by Crippen LogP contribution is -2.52. The summed E-state index contributed by atoms with van der Waals surface area (Å²) in [5.41, 5.74) is 0.506. The number of hydrogen-bond acceptors (Lipinski definition) is 5. The Labute approximate surface area is 165 Å². The number of hydrogen-bond donors (Lipinski definition) is 2. The van der Waals surface area contributed by atoms with Gasteiger partial charge in [0.1, 0.15) is 18.2 Å². The molecule has 1 aliphatic heterocycles. The molecule has 1 aliphatic carbocycles. The normalized spacial score (nSPS) is 17.4. The van der Waals surface area contributed by atoms with E-state index in [9.17, 15) is 18.4 Å². The van der Waals surface area contributed by atoms with Crippen molar-refractivity contribution in [2.24, 2.45) is 0 Å². The predicted molar refractivity (Wildman–Crippen MR) is 98.1 cm³/mol. The Morgan fingerprint density at radius 2 is 2.17 bits per heavy atom. The summed E-state index contributed by atoms with van der Waals surface area (Å²) in [5, 5.41) is 5.34. The Morgan fingerprint density at radius 3 is 2.83 bits per heavy atom. The van der Waals surface area contributed by atoms with Crippen molar-refractivity contribution in [2.45, 2.75) is 31.3 Å². The highest BCUT2D eigenvalue weighted by Gasteiger charge is 2.57. The van der Waals surface area contributed by atoms with E-state index in [0.29, 0.717) is 36.2 Å². The fourth-order valence-corrected chi connectivity index (χ4v) is 3.61. The molecule has 0 bridgehead atoms. The van der Waals surface area contributed by atoms with Crippen LogP contribution in [0.5, 0.6) is 5.88 Å². The molecule has 0 saturated heterocycles. The molecule has 1 atom stereocenters. The van der Waals surface area contributed by atoms with Crippen molar-refractivity contribution in [3.05, 3.63) is 47.4 Å². The van der Waals surface area contributed by atoms with Crippen LogP contribution >= 0.6 is 0 Å². The van der Waals surface area contributed by atoms with Crippen LogP contribution in [0.1, 0.15) is 37.2 Å². The number of nitrogens with one attached hydrogen (secondary N) is 2. The summed E-state index contributed by atoms with van der Waals surface area (Å²) in [5.74, 6) is -1.72. The minimum atomic E-state index is -0.850. The van der Waals surface area contributed by atoms with E-state index < -0.39 is 35.2 Å². The van der Waals surface area contributed by atoms with Gasteiger partial charge in [-0.15, -0.1) is 0 Å². The molecular formula is C19H19F2N5O3. The van der Waals surface area contributed by atoms with Crippen LogP contribution in [0.25, 0.3) is 0 Å². The van der Waals surface area contributed by atoms with Gasteiger partial charge in [-0.3, -0.25) is 9.78 Å². The lowest BCUT2D eigenvalue weighted by atomic mass is 10.0. The lowest BCUT2D eigenvalue weighted by Gasteiger charge is -2.36. The molecule has 1 saturated carbocycles. The molecule has 3 heterocycles. The molecule has 152 valence electrons.